The zero-order valence-corrected chi connectivity index (χ0v) is 19.3. The first kappa shape index (κ1) is 23.2. The van der Waals surface area contributed by atoms with Crippen molar-refractivity contribution in [3.05, 3.63) is 65.2 Å². The van der Waals surface area contributed by atoms with Crippen LogP contribution in [0.25, 0.3) is 0 Å². The van der Waals surface area contributed by atoms with Crippen LogP contribution in [0.5, 0.6) is 0 Å². The van der Waals surface area contributed by atoms with Gasteiger partial charge in [-0.1, -0.05) is 31.4 Å². The molecule has 2 aromatic rings. The molecule has 2 aliphatic rings. The first-order chi connectivity index (χ1) is 16.0. The molecule has 6 heteroatoms. The highest BCUT2D eigenvalue weighted by Crippen LogP contribution is 2.25. The molecule has 1 saturated heterocycles. The van der Waals surface area contributed by atoms with Gasteiger partial charge in [-0.3, -0.25) is 14.5 Å². The van der Waals surface area contributed by atoms with Crippen LogP contribution in [-0.4, -0.2) is 61.8 Å². The molecule has 1 saturated carbocycles. The number of piperazine rings is 1. The molecule has 0 N–H and O–H groups in total. The molecule has 2 fully saturated rings. The maximum absolute atomic E-state index is 12.6. The summed E-state index contributed by atoms with van der Waals surface area (Å²) < 4.78 is 4.66. The van der Waals surface area contributed by atoms with E-state index in [0.717, 1.165) is 37.9 Å². The van der Waals surface area contributed by atoms with Crippen molar-refractivity contribution >= 4 is 23.2 Å². The number of carbonyl (C=O) groups is 3. The summed E-state index contributed by atoms with van der Waals surface area (Å²) in [6.07, 6.45) is 6.59. The van der Waals surface area contributed by atoms with Gasteiger partial charge in [0.1, 0.15) is 0 Å². The minimum Gasteiger partial charge on any atom is -0.465 e. The molecule has 1 aliphatic carbocycles. The summed E-state index contributed by atoms with van der Waals surface area (Å²) in [7, 11) is 1.31. The summed E-state index contributed by atoms with van der Waals surface area (Å²) in [4.78, 5) is 41.7. The Kier molecular flexibility index (Phi) is 7.55. The number of ketones is 2. The monoisotopic (exact) mass is 448 g/mol. The van der Waals surface area contributed by atoms with Crippen LogP contribution in [0, 0.1) is 0 Å². The highest BCUT2D eigenvalue weighted by molar-refractivity contribution is 6.13. The Morgan fingerprint density at radius 3 is 1.82 bits per heavy atom. The summed E-state index contributed by atoms with van der Waals surface area (Å²) in [5, 5.41) is 0. The number of methoxy groups -OCH3 is 1. The first-order valence-corrected chi connectivity index (χ1v) is 11.9. The van der Waals surface area contributed by atoms with E-state index in [4.69, 9.17) is 0 Å². The minimum atomic E-state index is -0.458. The van der Waals surface area contributed by atoms with Crippen molar-refractivity contribution in [3.63, 3.8) is 0 Å². The van der Waals surface area contributed by atoms with Crippen molar-refractivity contribution in [3.8, 4) is 0 Å². The first-order valence-electron chi connectivity index (χ1n) is 11.9. The number of carbonyl (C=O) groups excluding carboxylic acids is 3. The number of anilines is 1. The molecule has 33 heavy (non-hydrogen) atoms. The predicted octanol–water partition coefficient (Wildman–Crippen LogP) is 4.38. The maximum Gasteiger partial charge on any atom is 0.337 e. The lowest BCUT2D eigenvalue weighted by atomic mass is 9.94. The van der Waals surface area contributed by atoms with Gasteiger partial charge in [-0.15, -0.1) is 0 Å². The number of hydrogen-bond donors (Lipinski definition) is 0. The number of ether oxygens (including phenoxy) is 1. The molecule has 0 atom stereocenters. The van der Waals surface area contributed by atoms with Crippen molar-refractivity contribution < 1.29 is 19.1 Å². The molecule has 0 radical (unpaired) electrons. The summed E-state index contributed by atoms with van der Waals surface area (Å²) in [5.74, 6) is -0.925. The van der Waals surface area contributed by atoms with E-state index in [1.165, 1.54) is 51.3 Å². The highest BCUT2D eigenvalue weighted by atomic mass is 16.5. The SMILES string of the molecule is COC(=O)c1ccc(C(=O)CC(=O)c2ccc(N3CCN(C4CCCCC4)CC3)cc2)cc1. The van der Waals surface area contributed by atoms with Gasteiger partial charge in [0.2, 0.25) is 0 Å². The molecule has 174 valence electrons. The molecule has 4 rings (SSSR count). The maximum atomic E-state index is 12.6. The van der Waals surface area contributed by atoms with Crippen LogP contribution in [0.4, 0.5) is 5.69 Å². The minimum absolute atomic E-state index is 0.197. The normalized spacial score (nSPS) is 17.5. The van der Waals surface area contributed by atoms with E-state index < -0.39 is 5.97 Å². The van der Waals surface area contributed by atoms with Crippen molar-refractivity contribution in [1.82, 2.24) is 4.90 Å². The zero-order chi connectivity index (χ0) is 23.2. The van der Waals surface area contributed by atoms with Gasteiger partial charge in [-0.2, -0.15) is 0 Å². The van der Waals surface area contributed by atoms with E-state index in [2.05, 4.69) is 14.5 Å². The molecule has 0 bridgehead atoms. The van der Waals surface area contributed by atoms with E-state index in [9.17, 15) is 14.4 Å². The van der Waals surface area contributed by atoms with Crippen molar-refractivity contribution in [1.29, 1.82) is 0 Å². The van der Waals surface area contributed by atoms with Gasteiger partial charge < -0.3 is 9.64 Å². The van der Waals surface area contributed by atoms with Gasteiger partial charge in [-0.25, -0.2) is 4.79 Å². The van der Waals surface area contributed by atoms with Crippen molar-refractivity contribution in [2.75, 3.05) is 38.2 Å². The summed E-state index contributed by atoms with van der Waals surface area (Å²) >= 11 is 0. The standard InChI is InChI=1S/C27H32N2O4/c1-33-27(32)22-9-7-20(8-10-22)25(30)19-26(31)21-11-13-24(14-12-21)29-17-15-28(16-18-29)23-5-3-2-4-6-23/h7-14,23H,2-6,15-19H2,1H3. The zero-order valence-electron chi connectivity index (χ0n) is 19.3. The number of benzene rings is 2. The number of esters is 1. The van der Waals surface area contributed by atoms with E-state index in [1.54, 1.807) is 12.1 Å². The molecule has 1 heterocycles. The Morgan fingerprint density at radius 1 is 0.758 bits per heavy atom. The van der Waals surface area contributed by atoms with E-state index in [-0.39, 0.29) is 18.0 Å². The molecular weight excluding hydrogens is 416 g/mol. The van der Waals surface area contributed by atoms with E-state index >= 15 is 0 Å². The third-order valence-corrected chi connectivity index (χ3v) is 6.91. The Bertz CT molecular complexity index is 970. The van der Waals surface area contributed by atoms with Gasteiger partial charge in [0, 0.05) is 49.0 Å². The topological polar surface area (TPSA) is 66.9 Å². The Balaban J connectivity index is 1.30. The van der Waals surface area contributed by atoms with Crippen LogP contribution in [0.2, 0.25) is 0 Å². The molecule has 0 unspecified atom stereocenters. The van der Waals surface area contributed by atoms with Gasteiger partial charge in [0.25, 0.3) is 0 Å². The van der Waals surface area contributed by atoms with Gasteiger partial charge in [0.05, 0.1) is 19.1 Å². The average molecular weight is 449 g/mol. The molecule has 0 spiro atoms. The fraction of sp³-hybridized carbons (Fsp3) is 0.444. The van der Waals surface area contributed by atoms with Gasteiger partial charge >= 0.3 is 5.97 Å². The second-order valence-electron chi connectivity index (χ2n) is 8.95. The molecule has 0 aromatic heterocycles. The smallest absolute Gasteiger partial charge is 0.337 e. The quantitative estimate of drug-likeness (QED) is 0.356. The largest absolute Gasteiger partial charge is 0.465 e. The Morgan fingerprint density at radius 2 is 1.27 bits per heavy atom. The van der Waals surface area contributed by atoms with Gasteiger partial charge in [0.15, 0.2) is 11.6 Å². The lowest BCUT2D eigenvalue weighted by molar-refractivity contribution is 0.0600. The van der Waals surface area contributed by atoms with Crippen molar-refractivity contribution in [2.24, 2.45) is 0 Å². The fourth-order valence-electron chi connectivity index (χ4n) is 4.91. The number of nitrogens with zero attached hydrogens (tertiary/aromatic N) is 2. The van der Waals surface area contributed by atoms with Crippen LogP contribution in [0.3, 0.4) is 0 Å². The van der Waals surface area contributed by atoms with E-state index in [1.807, 2.05) is 24.3 Å². The number of Topliss-reactive ketones (excluding diaryl/α,β-unsaturated/α-hetero) is 2. The Hall–Kier alpha value is -2.99. The van der Waals surface area contributed by atoms with Crippen LogP contribution in [-0.2, 0) is 4.74 Å². The third-order valence-electron chi connectivity index (χ3n) is 6.91. The van der Waals surface area contributed by atoms with Gasteiger partial charge in [-0.05, 0) is 49.2 Å². The summed E-state index contributed by atoms with van der Waals surface area (Å²) in [6, 6.07) is 14.5. The Labute approximate surface area is 195 Å². The average Bonchev–Trinajstić information content (AvgIpc) is 2.89. The number of rotatable bonds is 7. The van der Waals surface area contributed by atoms with Crippen LogP contribution in [0.15, 0.2) is 48.5 Å². The fourth-order valence-corrected chi connectivity index (χ4v) is 4.91. The number of hydrogen-bond acceptors (Lipinski definition) is 6. The second kappa shape index (κ2) is 10.8. The molecule has 1 aliphatic heterocycles. The second-order valence-corrected chi connectivity index (χ2v) is 8.95. The molecule has 0 amide bonds. The summed E-state index contributed by atoms with van der Waals surface area (Å²) in [5.41, 5.74) is 2.44. The van der Waals surface area contributed by atoms with E-state index in [0.29, 0.717) is 16.7 Å². The summed E-state index contributed by atoms with van der Waals surface area (Å²) in [6.45, 7) is 4.19. The lowest BCUT2D eigenvalue weighted by Crippen LogP contribution is -2.50. The molecular formula is C27H32N2O4. The highest BCUT2D eigenvalue weighted by Gasteiger charge is 2.25. The predicted molar refractivity (Wildman–Crippen MR) is 128 cm³/mol. The molecule has 2 aromatic carbocycles. The van der Waals surface area contributed by atoms with Crippen LogP contribution in [0.1, 0.15) is 69.6 Å². The van der Waals surface area contributed by atoms with Crippen molar-refractivity contribution in [2.45, 2.75) is 44.6 Å². The third kappa shape index (κ3) is 5.69. The van der Waals surface area contributed by atoms with Crippen LogP contribution < -0.4 is 4.90 Å². The van der Waals surface area contributed by atoms with Crippen LogP contribution >= 0.6 is 0 Å². The molecule has 6 nitrogen and oxygen atoms in total. The lowest BCUT2D eigenvalue weighted by Gasteiger charge is -2.41.